The minimum atomic E-state index is -0.425. The van der Waals surface area contributed by atoms with E-state index < -0.39 is 5.97 Å². The molecule has 0 heterocycles. The van der Waals surface area contributed by atoms with E-state index in [1.165, 1.54) is 103 Å². The van der Waals surface area contributed by atoms with Crippen molar-refractivity contribution in [1.82, 2.24) is 0 Å². The Morgan fingerprint density at radius 2 is 0.951 bits per heavy atom. The molecule has 0 aliphatic heterocycles. The molecule has 0 fully saturated rings. The van der Waals surface area contributed by atoms with Crippen LogP contribution in [-0.2, 0) is 9.47 Å². The molecule has 0 spiro atoms. The number of aliphatic hydroxyl groups excluding tert-OH is 1. The maximum absolute atomic E-state index is 12.7. The maximum atomic E-state index is 12.7. The van der Waals surface area contributed by atoms with Gasteiger partial charge in [-0.15, -0.1) is 0 Å². The van der Waals surface area contributed by atoms with Crippen LogP contribution in [0.5, 0.6) is 11.5 Å². The Morgan fingerprint density at radius 3 is 1.37 bits per heavy atom. The molecule has 41 heavy (non-hydrogen) atoms. The van der Waals surface area contributed by atoms with Gasteiger partial charge < -0.3 is 24.1 Å². The highest BCUT2D eigenvalue weighted by molar-refractivity contribution is 5.90. The lowest BCUT2D eigenvalue weighted by molar-refractivity contribution is 0.0257. The predicted molar refractivity (Wildman–Crippen MR) is 169 cm³/mol. The molecule has 0 saturated heterocycles. The second-order valence-corrected chi connectivity index (χ2v) is 11.2. The zero-order valence-corrected chi connectivity index (χ0v) is 26.6. The molecule has 6 nitrogen and oxygen atoms in total. The van der Waals surface area contributed by atoms with Crippen molar-refractivity contribution in [3.63, 3.8) is 0 Å². The third-order valence-electron chi connectivity index (χ3n) is 7.35. The van der Waals surface area contributed by atoms with E-state index in [0.717, 1.165) is 25.7 Å². The first-order valence-electron chi connectivity index (χ1n) is 17.0. The lowest BCUT2D eigenvalue weighted by atomic mass is 10.1. The molecule has 0 bridgehead atoms. The van der Waals surface area contributed by atoms with Crippen LogP contribution in [0.2, 0.25) is 0 Å². The van der Waals surface area contributed by atoms with Crippen molar-refractivity contribution < 1.29 is 28.8 Å². The molecule has 1 aromatic carbocycles. The van der Waals surface area contributed by atoms with Gasteiger partial charge in [-0.05, 0) is 25.0 Å². The normalized spacial score (nSPS) is 11.1. The van der Waals surface area contributed by atoms with Gasteiger partial charge in [-0.1, -0.05) is 129 Å². The summed E-state index contributed by atoms with van der Waals surface area (Å²) in [6.07, 6.45) is 25.6. The number of aliphatic hydroxyl groups is 1. The summed E-state index contributed by atoms with van der Waals surface area (Å²) in [4.78, 5) is 12.7. The molecule has 0 atom stereocenters. The summed E-state index contributed by atoms with van der Waals surface area (Å²) in [5.41, 5.74) is 0.422. The predicted octanol–water partition coefficient (Wildman–Crippen LogP) is 9.45. The lowest BCUT2D eigenvalue weighted by Crippen LogP contribution is -2.12. The fourth-order valence-corrected chi connectivity index (χ4v) is 4.86. The summed E-state index contributed by atoms with van der Waals surface area (Å²) >= 11 is 0. The minimum Gasteiger partial charge on any atom is -0.493 e. The van der Waals surface area contributed by atoms with E-state index in [0.29, 0.717) is 30.3 Å². The Bertz CT molecular complexity index is 678. The van der Waals surface area contributed by atoms with Gasteiger partial charge >= 0.3 is 5.97 Å². The number of carbonyl (C=O) groups excluding carboxylic acids is 1. The van der Waals surface area contributed by atoms with E-state index in [4.69, 9.17) is 24.1 Å². The number of hydrogen-bond donors (Lipinski definition) is 1. The minimum absolute atomic E-state index is 0.0495. The summed E-state index contributed by atoms with van der Waals surface area (Å²) in [5.74, 6) is 0.862. The Balaban J connectivity index is 2.41. The van der Waals surface area contributed by atoms with Crippen LogP contribution in [0.4, 0.5) is 0 Å². The van der Waals surface area contributed by atoms with Crippen LogP contribution in [0.25, 0.3) is 0 Å². The lowest BCUT2D eigenvalue weighted by Gasteiger charge is -2.13. The van der Waals surface area contributed by atoms with Gasteiger partial charge in [-0.3, -0.25) is 0 Å². The smallest absolute Gasteiger partial charge is 0.338 e. The summed E-state index contributed by atoms with van der Waals surface area (Å²) in [7, 11) is 0. The molecule has 1 aromatic rings. The second-order valence-electron chi connectivity index (χ2n) is 11.2. The summed E-state index contributed by atoms with van der Waals surface area (Å²) < 4.78 is 22.6. The number of rotatable bonds is 30. The van der Waals surface area contributed by atoms with Crippen LogP contribution < -0.4 is 9.47 Å². The molecule has 0 amide bonds. The molecule has 1 rings (SSSR count). The molecule has 0 aromatic heterocycles. The first-order valence-corrected chi connectivity index (χ1v) is 17.0. The van der Waals surface area contributed by atoms with Crippen molar-refractivity contribution in [2.45, 2.75) is 142 Å². The fraction of sp³-hybridized carbons (Fsp3) is 0.800. The average molecular weight is 579 g/mol. The zero-order chi connectivity index (χ0) is 29.6. The van der Waals surface area contributed by atoms with Crippen molar-refractivity contribution in [2.75, 3.05) is 39.6 Å². The Labute approximate surface area is 251 Å². The molecule has 238 valence electrons. The highest BCUT2D eigenvalue weighted by atomic mass is 16.6. The molecule has 6 heteroatoms. The van der Waals surface area contributed by atoms with Crippen LogP contribution >= 0.6 is 0 Å². The third-order valence-corrected chi connectivity index (χ3v) is 7.35. The highest BCUT2D eigenvalue weighted by Crippen LogP contribution is 2.25. The van der Waals surface area contributed by atoms with Crippen LogP contribution in [0.15, 0.2) is 18.2 Å². The van der Waals surface area contributed by atoms with Gasteiger partial charge in [0.15, 0.2) is 0 Å². The van der Waals surface area contributed by atoms with Crippen molar-refractivity contribution in [1.29, 1.82) is 0 Å². The van der Waals surface area contributed by atoms with E-state index in [1.807, 2.05) is 6.07 Å². The van der Waals surface area contributed by atoms with E-state index in [-0.39, 0.29) is 26.4 Å². The maximum Gasteiger partial charge on any atom is 0.338 e. The first kappa shape index (κ1) is 37.2. The number of unbranched alkanes of at least 4 members (excludes halogenated alkanes) is 18. The summed E-state index contributed by atoms with van der Waals surface area (Å²) in [5, 5.41) is 8.81. The number of ether oxygens (including phenoxy) is 4. The fourth-order valence-electron chi connectivity index (χ4n) is 4.86. The molecule has 0 saturated carbocycles. The molecule has 0 aliphatic rings. The number of esters is 1. The SMILES string of the molecule is CCCCCCCCCCCCOc1cc(OCCCCCCCCCCCC)cc(C(=O)OCCOCCO)c1. The van der Waals surface area contributed by atoms with Gasteiger partial charge in [-0.25, -0.2) is 4.79 Å². The molecule has 0 aliphatic carbocycles. The average Bonchev–Trinajstić information content (AvgIpc) is 2.98. The molecule has 0 radical (unpaired) electrons. The summed E-state index contributed by atoms with van der Waals surface area (Å²) in [6.45, 7) is 6.34. The third kappa shape index (κ3) is 22.5. The van der Waals surface area contributed by atoms with E-state index in [2.05, 4.69) is 13.8 Å². The van der Waals surface area contributed by atoms with Gasteiger partial charge in [0.1, 0.15) is 18.1 Å². The van der Waals surface area contributed by atoms with Crippen molar-refractivity contribution in [2.24, 2.45) is 0 Å². The van der Waals surface area contributed by atoms with Gasteiger partial charge in [-0.2, -0.15) is 0 Å². The Kier molecular flexibility index (Phi) is 25.7. The second kappa shape index (κ2) is 28.3. The van der Waals surface area contributed by atoms with Crippen molar-refractivity contribution >= 4 is 5.97 Å². The van der Waals surface area contributed by atoms with Crippen LogP contribution in [-0.4, -0.2) is 50.7 Å². The van der Waals surface area contributed by atoms with Crippen molar-refractivity contribution in [3.8, 4) is 11.5 Å². The number of benzene rings is 1. The van der Waals surface area contributed by atoms with Crippen LogP contribution in [0.3, 0.4) is 0 Å². The largest absolute Gasteiger partial charge is 0.493 e. The molecular weight excluding hydrogens is 516 g/mol. The Hall–Kier alpha value is -1.79. The van der Waals surface area contributed by atoms with Gasteiger partial charge in [0.25, 0.3) is 0 Å². The number of hydrogen-bond acceptors (Lipinski definition) is 6. The van der Waals surface area contributed by atoms with Gasteiger partial charge in [0, 0.05) is 6.07 Å². The quantitative estimate of drug-likeness (QED) is 0.0724. The molecular formula is C35H62O6. The zero-order valence-electron chi connectivity index (χ0n) is 26.6. The van der Waals surface area contributed by atoms with Crippen molar-refractivity contribution in [3.05, 3.63) is 23.8 Å². The van der Waals surface area contributed by atoms with Crippen LogP contribution in [0.1, 0.15) is 153 Å². The number of carbonyl (C=O) groups is 1. The van der Waals surface area contributed by atoms with E-state index in [9.17, 15) is 4.79 Å². The summed E-state index contributed by atoms with van der Waals surface area (Å²) in [6, 6.07) is 5.36. The van der Waals surface area contributed by atoms with E-state index >= 15 is 0 Å². The van der Waals surface area contributed by atoms with Gasteiger partial charge in [0.05, 0.1) is 38.6 Å². The standard InChI is InChI=1S/C35H62O6/c1-3-5-7-9-11-13-15-17-19-21-24-39-33-29-32(35(37)41-28-27-38-26-23-36)30-34(31-33)40-25-22-20-18-16-14-12-10-8-6-4-2/h29-31,36H,3-28H2,1-2H3. The first-order chi connectivity index (χ1) is 20.2. The monoisotopic (exact) mass is 578 g/mol. The van der Waals surface area contributed by atoms with Crippen LogP contribution in [0, 0.1) is 0 Å². The highest BCUT2D eigenvalue weighted by Gasteiger charge is 2.12. The topological polar surface area (TPSA) is 74.2 Å². The van der Waals surface area contributed by atoms with E-state index in [1.54, 1.807) is 12.1 Å². The molecule has 1 N–H and O–H groups in total. The van der Waals surface area contributed by atoms with Gasteiger partial charge in [0.2, 0.25) is 0 Å². The Morgan fingerprint density at radius 1 is 0.537 bits per heavy atom. The molecule has 0 unspecified atom stereocenters.